The number of aromatic nitrogens is 2. The number of hydrogen-bond acceptors (Lipinski definition) is 6. The molecule has 1 rings (SSSR count). The molecule has 0 amide bonds. The molecule has 6 nitrogen and oxygen atoms in total. The number of hydrogen-bond donors (Lipinski definition) is 1. The van der Waals surface area contributed by atoms with Gasteiger partial charge in [0.2, 0.25) is 0 Å². The zero-order chi connectivity index (χ0) is 14.6. The molecule has 1 N–H and O–H groups in total. The molecule has 0 saturated heterocycles. The van der Waals surface area contributed by atoms with Crippen molar-refractivity contribution in [1.29, 1.82) is 0 Å². The second kappa shape index (κ2) is 10.5. The van der Waals surface area contributed by atoms with Crippen LogP contribution in [-0.4, -0.2) is 50.1 Å². The minimum atomic E-state index is 0.399. The van der Waals surface area contributed by atoms with Crippen LogP contribution >= 0.6 is 0 Å². The van der Waals surface area contributed by atoms with E-state index < -0.39 is 0 Å². The number of ether oxygens (including phenoxy) is 3. The molecule has 0 aliphatic carbocycles. The predicted molar refractivity (Wildman–Crippen MR) is 77.9 cm³/mol. The van der Waals surface area contributed by atoms with Crippen LogP contribution in [0.3, 0.4) is 0 Å². The Morgan fingerprint density at radius 3 is 2.60 bits per heavy atom. The Bertz CT molecular complexity index is 375. The van der Waals surface area contributed by atoms with Gasteiger partial charge in [0.05, 0.1) is 26.4 Å². The first-order chi connectivity index (χ1) is 9.76. The third-order valence-electron chi connectivity index (χ3n) is 2.49. The van der Waals surface area contributed by atoms with Gasteiger partial charge in [0, 0.05) is 25.4 Å². The normalized spacial score (nSPS) is 10.8. The lowest BCUT2D eigenvalue weighted by Gasteiger charge is -2.08. The Hall–Kier alpha value is -1.24. The molecule has 0 fully saturated rings. The van der Waals surface area contributed by atoms with E-state index >= 15 is 0 Å². The zero-order valence-electron chi connectivity index (χ0n) is 12.6. The highest BCUT2D eigenvalue weighted by molar-refractivity contribution is 5.35. The van der Waals surface area contributed by atoms with E-state index in [1.807, 2.05) is 13.0 Å². The molecule has 114 valence electrons. The fourth-order valence-electron chi connectivity index (χ4n) is 1.56. The summed E-state index contributed by atoms with van der Waals surface area (Å²) < 4.78 is 15.7. The summed E-state index contributed by atoms with van der Waals surface area (Å²) in [7, 11) is 1.65. The van der Waals surface area contributed by atoms with Crippen molar-refractivity contribution >= 4 is 5.82 Å². The largest absolute Gasteiger partial charge is 0.382 e. The maximum absolute atomic E-state index is 5.50. The lowest BCUT2D eigenvalue weighted by Crippen LogP contribution is -2.10. The molecule has 1 aromatic rings. The topological polar surface area (TPSA) is 65.5 Å². The highest BCUT2D eigenvalue weighted by Gasteiger charge is 2.02. The number of anilines is 1. The Morgan fingerprint density at radius 2 is 1.85 bits per heavy atom. The standard InChI is InChI=1S/C14H25N3O3/c1-4-5-15-13-10-12(2)16-14(17-13)11-20-9-8-19-7-6-18-3/h10H,4-9,11H2,1-3H3,(H,15,16,17). The van der Waals surface area contributed by atoms with Crippen molar-refractivity contribution < 1.29 is 14.2 Å². The fourth-order valence-corrected chi connectivity index (χ4v) is 1.56. The van der Waals surface area contributed by atoms with Crippen LogP contribution < -0.4 is 5.32 Å². The smallest absolute Gasteiger partial charge is 0.156 e. The van der Waals surface area contributed by atoms with Crippen LogP contribution in [0.2, 0.25) is 0 Å². The van der Waals surface area contributed by atoms with Gasteiger partial charge >= 0.3 is 0 Å². The molecule has 20 heavy (non-hydrogen) atoms. The van der Waals surface area contributed by atoms with Crippen LogP contribution in [0, 0.1) is 6.92 Å². The molecule has 0 bridgehead atoms. The maximum Gasteiger partial charge on any atom is 0.156 e. The SMILES string of the molecule is CCCNc1cc(C)nc(COCCOCCOC)n1. The van der Waals surface area contributed by atoms with Crippen LogP contribution in [0.15, 0.2) is 6.07 Å². The van der Waals surface area contributed by atoms with Crippen LogP contribution in [0.5, 0.6) is 0 Å². The second-order valence-electron chi connectivity index (χ2n) is 4.40. The highest BCUT2D eigenvalue weighted by Crippen LogP contribution is 2.07. The molecular weight excluding hydrogens is 258 g/mol. The van der Waals surface area contributed by atoms with Gasteiger partial charge in [-0.2, -0.15) is 0 Å². The minimum absolute atomic E-state index is 0.399. The highest BCUT2D eigenvalue weighted by atomic mass is 16.5. The molecule has 1 heterocycles. The molecule has 0 aliphatic heterocycles. The van der Waals surface area contributed by atoms with E-state index in [1.54, 1.807) is 7.11 Å². The van der Waals surface area contributed by atoms with Gasteiger partial charge in [-0.3, -0.25) is 0 Å². The Balaban J connectivity index is 2.26. The summed E-state index contributed by atoms with van der Waals surface area (Å²) in [6, 6.07) is 1.94. The molecule has 0 radical (unpaired) electrons. The van der Waals surface area contributed by atoms with Gasteiger partial charge < -0.3 is 19.5 Å². The van der Waals surface area contributed by atoms with Crippen LogP contribution in [0.25, 0.3) is 0 Å². The Kier molecular flexibility index (Phi) is 8.86. The van der Waals surface area contributed by atoms with Crippen molar-refractivity contribution in [3.63, 3.8) is 0 Å². The van der Waals surface area contributed by atoms with Crippen LogP contribution in [0.4, 0.5) is 5.82 Å². The lowest BCUT2D eigenvalue weighted by molar-refractivity contribution is 0.0184. The van der Waals surface area contributed by atoms with E-state index in [4.69, 9.17) is 14.2 Å². The van der Waals surface area contributed by atoms with Crippen molar-refractivity contribution in [3.05, 3.63) is 17.6 Å². The summed E-state index contributed by atoms with van der Waals surface area (Å²) in [5.74, 6) is 1.55. The summed E-state index contributed by atoms with van der Waals surface area (Å²) >= 11 is 0. The summed E-state index contributed by atoms with van der Waals surface area (Å²) in [5, 5.41) is 3.26. The van der Waals surface area contributed by atoms with E-state index in [1.165, 1.54) is 0 Å². The van der Waals surface area contributed by atoms with Crippen LogP contribution in [-0.2, 0) is 20.8 Å². The summed E-state index contributed by atoms with van der Waals surface area (Å²) in [4.78, 5) is 8.76. The molecule has 0 saturated carbocycles. The van der Waals surface area contributed by atoms with Gasteiger partial charge in [-0.15, -0.1) is 0 Å². The summed E-state index contributed by atoms with van der Waals surface area (Å²) in [6.07, 6.45) is 1.06. The zero-order valence-corrected chi connectivity index (χ0v) is 12.6. The van der Waals surface area contributed by atoms with Gasteiger partial charge in [0.1, 0.15) is 12.4 Å². The lowest BCUT2D eigenvalue weighted by atomic mass is 10.4. The molecule has 1 aromatic heterocycles. The fraction of sp³-hybridized carbons (Fsp3) is 0.714. The number of rotatable bonds is 11. The Morgan fingerprint density at radius 1 is 1.10 bits per heavy atom. The second-order valence-corrected chi connectivity index (χ2v) is 4.40. The van der Waals surface area contributed by atoms with Gasteiger partial charge in [-0.25, -0.2) is 9.97 Å². The van der Waals surface area contributed by atoms with Crippen molar-refractivity contribution in [2.75, 3.05) is 45.4 Å². The van der Waals surface area contributed by atoms with Crippen LogP contribution in [0.1, 0.15) is 24.9 Å². The predicted octanol–water partition coefficient (Wildman–Crippen LogP) is 1.79. The molecule has 6 heteroatoms. The summed E-state index contributed by atoms with van der Waals surface area (Å²) in [5.41, 5.74) is 0.938. The summed E-state index contributed by atoms with van der Waals surface area (Å²) in [6.45, 7) is 7.65. The number of methoxy groups -OCH3 is 1. The van der Waals surface area contributed by atoms with Crippen molar-refractivity contribution in [2.24, 2.45) is 0 Å². The number of nitrogens with zero attached hydrogens (tertiary/aromatic N) is 2. The maximum atomic E-state index is 5.50. The van der Waals surface area contributed by atoms with Crippen molar-refractivity contribution in [2.45, 2.75) is 26.9 Å². The third kappa shape index (κ3) is 7.37. The van der Waals surface area contributed by atoms with Crippen molar-refractivity contribution in [3.8, 4) is 0 Å². The van der Waals surface area contributed by atoms with E-state index in [2.05, 4.69) is 22.2 Å². The first kappa shape index (κ1) is 16.8. The van der Waals surface area contributed by atoms with Crippen molar-refractivity contribution in [1.82, 2.24) is 9.97 Å². The molecule has 0 unspecified atom stereocenters. The molecule has 0 aromatic carbocycles. The molecule has 0 atom stereocenters. The number of aryl methyl sites for hydroxylation is 1. The van der Waals surface area contributed by atoms with E-state index in [0.717, 1.165) is 24.5 Å². The quantitative estimate of drug-likeness (QED) is 0.625. The van der Waals surface area contributed by atoms with E-state index in [0.29, 0.717) is 38.9 Å². The van der Waals surface area contributed by atoms with Gasteiger partial charge in [-0.05, 0) is 13.3 Å². The number of nitrogens with one attached hydrogen (secondary N) is 1. The monoisotopic (exact) mass is 283 g/mol. The molecule has 0 spiro atoms. The minimum Gasteiger partial charge on any atom is -0.382 e. The van der Waals surface area contributed by atoms with E-state index in [-0.39, 0.29) is 0 Å². The van der Waals surface area contributed by atoms with Gasteiger partial charge in [0.25, 0.3) is 0 Å². The van der Waals surface area contributed by atoms with E-state index in [9.17, 15) is 0 Å². The first-order valence-corrected chi connectivity index (χ1v) is 6.99. The average molecular weight is 283 g/mol. The first-order valence-electron chi connectivity index (χ1n) is 6.99. The molecule has 0 aliphatic rings. The average Bonchev–Trinajstić information content (AvgIpc) is 2.43. The third-order valence-corrected chi connectivity index (χ3v) is 2.49. The van der Waals surface area contributed by atoms with Gasteiger partial charge in [-0.1, -0.05) is 6.92 Å². The van der Waals surface area contributed by atoms with Gasteiger partial charge in [0.15, 0.2) is 5.82 Å². The molecular formula is C14H25N3O3. The Labute approximate surface area is 120 Å².